The minimum absolute atomic E-state index is 0. The third-order valence-electron chi connectivity index (χ3n) is 0. The van der Waals surface area contributed by atoms with Crippen molar-refractivity contribution in [2.75, 3.05) is 0 Å². The Balaban J connectivity index is -0.0000000406. The summed E-state index contributed by atoms with van der Waals surface area (Å²) in [5, 5.41) is 0. The maximum absolute atomic E-state index is 8.63. The summed E-state index contributed by atoms with van der Waals surface area (Å²) in [7, 11) is 0. The van der Waals surface area contributed by atoms with Gasteiger partial charge in [-0.3, -0.25) is 0 Å². The predicted molar refractivity (Wildman–Crippen MR) is 16.7 cm³/mol. The van der Waals surface area contributed by atoms with E-state index in [1.54, 1.807) is 0 Å². The van der Waals surface area contributed by atoms with E-state index in [9.17, 15) is 0 Å². The van der Waals surface area contributed by atoms with E-state index < -0.39 is 134 Å². The zero-order chi connectivity index (χ0) is 36.0. The molecule has 0 amide bonds. The molecule has 0 radical (unpaired) electrons. The molecule has 256 valence electrons. The van der Waals surface area contributed by atoms with E-state index in [4.69, 9.17) is 115 Å². The summed E-state index contributed by atoms with van der Waals surface area (Å²) in [6.07, 6.45) is 0. The second-order valence-electron chi connectivity index (χ2n) is 3.27. The molecule has 0 saturated heterocycles. The first-order chi connectivity index (χ1) is 16.0. The van der Waals surface area contributed by atoms with Crippen LogP contribution in [-0.2, 0) is 188 Å². The van der Waals surface area contributed by atoms with Crippen LogP contribution in [0.3, 0.4) is 0 Å². The third-order valence-corrected chi connectivity index (χ3v) is 0. The van der Waals surface area contributed by atoms with Gasteiger partial charge in [-0.25, -0.2) is 0 Å². The van der Waals surface area contributed by atoms with Gasteiger partial charge in [0.25, 0.3) is 0 Å². The molecule has 0 fully saturated rings. The topological polar surface area (TPSA) is 642 Å². The van der Waals surface area contributed by atoms with E-state index in [0.717, 1.165) is 0 Å². The Hall–Kier alpha value is 2.20. The van der Waals surface area contributed by atoms with Gasteiger partial charge < -0.3 is 0 Å². The van der Waals surface area contributed by atoms with Gasteiger partial charge in [0, 0.05) is 0 Å². The number of rotatable bonds is 0. The van der Waals surface area contributed by atoms with E-state index in [0.29, 0.717) is 0 Å². The Morgan fingerprint density at radius 2 is 0.171 bits per heavy atom. The van der Waals surface area contributed by atoms with E-state index >= 15 is 0 Å². The minimum atomic E-state index is -6.02. The second kappa shape index (κ2) is 28.4. The average Bonchev–Trinajstić information content (AvgIpc) is 2.16. The summed E-state index contributed by atoms with van der Waals surface area (Å²) < 4.78 is 276. The summed E-state index contributed by atoms with van der Waals surface area (Å²) in [6, 6.07) is 0. The molecule has 0 N–H and O–H groups in total. The van der Waals surface area contributed by atoms with Gasteiger partial charge >= 0.3 is 266 Å². The van der Waals surface area contributed by atoms with E-state index in [2.05, 4.69) is 0 Å². The molecule has 0 aliphatic carbocycles. The van der Waals surface area contributed by atoms with Crippen molar-refractivity contribution in [3.8, 4) is 0 Å². The van der Waals surface area contributed by atoms with Crippen molar-refractivity contribution in [3.05, 3.63) is 0 Å². The summed E-state index contributed by atoms with van der Waals surface area (Å²) >= 11 is -48.2. The molecule has 0 aromatic carbocycles. The van der Waals surface area contributed by atoms with Crippen molar-refractivity contribution in [2.45, 2.75) is 0 Å². The Kier molecular flexibility index (Phi) is 45.6. The van der Waals surface area contributed by atoms with Crippen molar-refractivity contribution < 1.29 is 248 Å². The van der Waals surface area contributed by atoms with Crippen LogP contribution in [0.1, 0.15) is 0 Å². The summed E-state index contributed by atoms with van der Waals surface area (Å²) in [5.74, 6) is 0. The molecular formula is AlMo8O32-13. The average molecular weight is 1310 g/mol. The zero-order valence-electron chi connectivity index (χ0n) is 16.9. The Morgan fingerprint density at radius 3 is 0.171 bits per heavy atom. The van der Waals surface area contributed by atoms with Crippen LogP contribution in [-0.4, -0.2) is 17.4 Å². The second-order valence-corrected chi connectivity index (χ2v) is 19.3. The Bertz CT molecular complexity index is 1060. The van der Waals surface area contributed by atoms with Crippen molar-refractivity contribution >= 4 is 17.4 Å². The molecule has 0 unspecified atom stereocenters. The SMILES string of the molecule is [Al+3].[O]=[Mo](=[O])([O-])[O-].[O]=[Mo](=[O])([O-])[O-].[O]=[Mo](=[O])([O-])[O-].[O]=[Mo](=[O])([O-])[O-].[O]=[Mo](=[O])([O-])[O-].[O]=[Mo](=[O])([O-])[O-].[O]=[Mo](=[O])([O-])[O-].[O]=[Mo](=[O])([O-])[O-]. The molecule has 0 rings (SSSR count). The molecule has 0 aliphatic rings. The third kappa shape index (κ3) is 14100. The van der Waals surface area contributed by atoms with Gasteiger partial charge in [-0.15, -0.1) is 0 Å². The molecule has 32 nitrogen and oxygen atoms in total. The van der Waals surface area contributed by atoms with Gasteiger partial charge in [-0.05, 0) is 0 Å². The fourth-order valence-corrected chi connectivity index (χ4v) is 0. The standard InChI is InChI=1S/Al.8Mo.32O/q+3;;;;;;;;;;;;;;;;;;;;;;;;;16*-1. The van der Waals surface area contributed by atoms with Crippen LogP contribution in [0.5, 0.6) is 0 Å². The van der Waals surface area contributed by atoms with E-state index in [1.165, 1.54) is 0 Å². The van der Waals surface area contributed by atoms with Crippen LogP contribution < -0.4 is 60.2 Å². The van der Waals surface area contributed by atoms with Crippen LogP contribution in [0.25, 0.3) is 0 Å². The van der Waals surface area contributed by atoms with Gasteiger partial charge in [0.05, 0.1) is 0 Å². The number of hydrogen-bond donors (Lipinski definition) is 0. The normalized spacial score (nSPS) is 11.3. The first kappa shape index (κ1) is 65.8. The molecule has 0 aliphatic heterocycles. The monoisotopic (exact) mass is 1320 g/mol. The van der Waals surface area contributed by atoms with Crippen LogP contribution in [0.4, 0.5) is 0 Å². The van der Waals surface area contributed by atoms with Crippen molar-refractivity contribution in [2.24, 2.45) is 0 Å². The predicted octanol–water partition coefficient (Wildman–Crippen LogP) is -21.3. The van der Waals surface area contributed by atoms with E-state index in [-0.39, 0.29) is 17.4 Å². The molecule has 0 saturated carbocycles. The molecule has 0 bridgehead atoms. The fraction of sp³-hybridized carbons (Fsp3) is 0. The molecule has 0 heterocycles. The molecule has 41 heavy (non-hydrogen) atoms. The molecule has 0 aromatic heterocycles. The Morgan fingerprint density at radius 1 is 0.171 bits per heavy atom. The quantitative estimate of drug-likeness (QED) is 0.203. The summed E-state index contributed by atoms with van der Waals surface area (Å²) in [6.45, 7) is 0. The zero-order valence-corrected chi connectivity index (χ0v) is 34.1. The van der Waals surface area contributed by atoms with Crippen LogP contribution in [0, 0.1) is 0 Å². The van der Waals surface area contributed by atoms with Gasteiger partial charge in [-0.2, -0.15) is 0 Å². The van der Waals surface area contributed by atoms with Crippen LogP contribution in [0.2, 0.25) is 0 Å². The molecule has 0 spiro atoms. The molecular weight excluding hydrogens is 1310 g/mol. The van der Waals surface area contributed by atoms with Crippen molar-refractivity contribution in [1.82, 2.24) is 0 Å². The van der Waals surface area contributed by atoms with Crippen LogP contribution in [0.15, 0.2) is 0 Å². The molecule has 41 heteroatoms. The van der Waals surface area contributed by atoms with Gasteiger partial charge in [0.1, 0.15) is 0 Å². The van der Waals surface area contributed by atoms with E-state index in [1.807, 2.05) is 0 Å². The maximum atomic E-state index is 8.63. The van der Waals surface area contributed by atoms with Gasteiger partial charge in [0.2, 0.25) is 0 Å². The fourth-order valence-electron chi connectivity index (χ4n) is 0. The summed E-state index contributed by atoms with van der Waals surface area (Å²) in [4.78, 5) is 0. The van der Waals surface area contributed by atoms with Crippen molar-refractivity contribution in [1.29, 1.82) is 0 Å². The Labute approximate surface area is 261 Å². The summed E-state index contributed by atoms with van der Waals surface area (Å²) in [5.41, 5.74) is 0. The number of hydrogen-bond acceptors (Lipinski definition) is 32. The first-order valence-corrected chi connectivity index (χ1v) is 31.6. The van der Waals surface area contributed by atoms with Crippen molar-refractivity contribution in [3.63, 3.8) is 0 Å². The first-order valence-electron chi connectivity index (χ1n) is 5.33. The van der Waals surface area contributed by atoms with Gasteiger partial charge in [0.15, 0.2) is 0 Å². The van der Waals surface area contributed by atoms with Crippen LogP contribution >= 0.6 is 0 Å². The molecule has 0 atom stereocenters. The molecule has 0 aromatic rings. The van der Waals surface area contributed by atoms with Gasteiger partial charge in [-0.1, -0.05) is 0 Å².